The number of phenols is 2. The molecule has 2 aromatic carbocycles. The lowest BCUT2D eigenvalue weighted by Crippen LogP contribution is -2.60. The standard InChI is InChI=1S/C21H24O9/c1-28-16-5-4-11(8-15(16)24)2-3-12-6-13(23)9-14(7-12)29-21-20(27)19(26)18(25)17(10-22)30-21/h2-9,17-27H,10H2,1H3/b3-2+/t17-,18-,19+,20-,21+/m1/s1. The van der Waals surface area contributed by atoms with Gasteiger partial charge in [0, 0.05) is 6.07 Å². The van der Waals surface area contributed by atoms with Crippen molar-refractivity contribution in [3.63, 3.8) is 0 Å². The molecule has 0 amide bonds. The number of hydrogen-bond donors (Lipinski definition) is 6. The number of ether oxygens (including phenoxy) is 3. The highest BCUT2D eigenvalue weighted by atomic mass is 16.7. The molecule has 2 aromatic rings. The molecule has 1 saturated heterocycles. The van der Waals surface area contributed by atoms with Gasteiger partial charge in [-0.25, -0.2) is 0 Å². The van der Waals surface area contributed by atoms with Gasteiger partial charge in [-0.2, -0.15) is 0 Å². The summed E-state index contributed by atoms with van der Waals surface area (Å²) >= 11 is 0. The normalized spacial score (nSPS) is 26.6. The molecule has 1 aliphatic rings. The Labute approximate surface area is 172 Å². The van der Waals surface area contributed by atoms with E-state index in [1.165, 1.54) is 25.3 Å². The molecule has 5 atom stereocenters. The van der Waals surface area contributed by atoms with Crippen molar-refractivity contribution in [2.45, 2.75) is 30.7 Å². The Morgan fingerprint density at radius 3 is 2.33 bits per heavy atom. The van der Waals surface area contributed by atoms with E-state index in [2.05, 4.69) is 0 Å². The molecule has 30 heavy (non-hydrogen) atoms. The summed E-state index contributed by atoms with van der Waals surface area (Å²) in [7, 11) is 1.45. The topological polar surface area (TPSA) is 149 Å². The Morgan fingerprint density at radius 1 is 0.933 bits per heavy atom. The highest BCUT2D eigenvalue weighted by Crippen LogP contribution is 2.30. The van der Waals surface area contributed by atoms with Crippen molar-refractivity contribution in [1.82, 2.24) is 0 Å². The molecule has 3 rings (SSSR count). The minimum absolute atomic E-state index is 0.0119. The zero-order valence-electron chi connectivity index (χ0n) is 16.1. The zero-order valence-corrected chi connectivity index (χ0v) is 16.1. The maximum Gasteiger partial charge on any atom is 0.229 e. The van der Waals surface area contributed by atoms with Crippen LogP contribution in [0, 0.1) is 0 Å². The van der Waals surface area contributed by atoms with Gasteiger partial charge in [-0.05, 0) is 35.4 Å². The predicted molar refractivity (Wildman–Crippen MR) is 106 cm³/mol. The predicted octanol–water partition coefficient (Wildman–Crippen LogP) is 0.455. The Balaban J connectivity index is 1.77. The molecule has 0 aromatic heterocycles. The van der Waals surface area contributed by atoms with E-state index in [1.54, 1.807) is 30.4 Å². The molecule has 0 spiro atoms. The van der Waals surface area contributed by atoms with Gasteiger partial charge in [0.25, 0.3) is 0 Å². The molecule has 0 saturated carbocycles. The highest BCUT2D eigenvalue weighted by Gasteiger charge is 2.44. The van der Waals surface area contributed by atoms with Crippen LogP contribution < -0.4 is 9.47 Å². The third-order valence-corrected chi connectivity index (χ3v) is 4.69. The van der Waals surface area contributed by atoms with Gasteiger partial charge >= 0.3 is 0 Å². The first-order valence-electron chi connectivity index (χ1n) is 9.18. The second-order valence-corrected chi connectivity index (χ2v) is 6.84. The van der Waals surface area contributed by atoms with Crippen molar-refractivity contribution in [3.05, 3.63) is 47.5 Å². The largest absolute Gasteiger partial charge is 0.508 e. The van der Waals surface area contributed by atoms with Gasteiger partial charge in [0.15, 0.2) is 11.5 Å². The van der Waals surface area contributed by atoms with Crippen molar-refractivity contribution < 1.29 is 44.8 Å². The van der Waals surface area contributed by atoms with E-state index in [9.17, 15) is 30.6 Å². The van der Waals surface area contributed by atoms with E-state index < -0.39 is 37.3 Å². The third kappa shape index (κ3) is 4.84. The van der Waals surface area contributed by atoms with Gasteiger partial charge in [0.2, 0.25) is 6.29 Å². The smallest absolute Gasteiger partial charge is 0.229 e. The van der Waals surface area contributed by atoms with Crippen molar-refractivity contribution in [2.75, 3.05) is 13.7 Å². The van der Waals surface area contributed by atoms with Crippen LogP contribution in [-0.4, -0.2) is 75.1 Å². The average Bonchev–Trinajstić information content (AvgIpc) is 2.72. The van der Waals surface area contributed by atoms with Crippen LogP contribution in [0.15, 0.2) is 36.4 Å². The average molecular weight is 420 g/mol. The summed E-state index contributed by atoms with van der Waals surface area (Å²) in [5, 5.41) is 58.9. The van der Waals surface area contributed by atoms with E-state index in [4.69, 9.17) is 14.2 Å². The lowest BCUT2D eigenvalue weighted by atomic mass is 9.99. The summed E-state index contributed by atoms with van der Waals surface area (Å²) in [4.78, 5) is 0. The zero-order chi connectivity index (χ0) is 21.8. The van der Waals surface area contributed by atoms with Gasteiger partial charge in [0.1, 0.15) is 35.9 Å². The molecule has 1 aliphatic heterocycles. The van der Waals surface area contributed by atoms with Crippen molar-refractivity contribution in [1.29, 1.82) is 0 Å². The number of aliphatic hydroxyl groups is 4. The first-order chi connectivity index (χ1) is 14.3. The summed E-state index contributed by atoms with van der Waals surface area (Å²) in [6, 6.07) is 9.19. The lowest BCUT2D eigenvalue weighted by Gasteiger charge is -2.39. The molecule has 0 aliphatic carbocycles. The van der Waals surface area contributed by atoms with E-state index in [-0.39, 0.29) is 17.2 Å². The number of aliphatic hydroxyl groups excluding tert-OH is 4. The minimum atomic E-state index is -1.57. The fourth-order valence-corrected chi connectivity index (χ4v) is 3.07. The van der Waals surface area contributed by atoms with Crippen LogP contribution in [0.5, 0.6) is 23.0 Å². The van der Waals surface area contributed by atoms with Crippen LogP contribution in [0.4, 0.5) is 0 Å². The van der Waals surface area contributed by atoms with Crippen LogP contribution in [0.2, 0.25) is 0 Å². The number of phenolic OH excluding ortho intramolecular Hbond substituents is 2. The van der Waals surface area contributed by atoms with E-state index >= 15 is 0 Å². The number of rotatable bonds is 6. The Morgan fingerprint density at radius 2 is 1.67 bits per heavy atom. The first kappa shape index (κ1) is 21.9. The van der Waals surface area contributed by atoms with Crippen molar-refractivity contribution >= 4 is 12.2 Å². The fourth-order valence-electron chi connectivity index (χ4n) is 3.07. The minimum Gasteiger partial charge on any atom is -0.508 e. The first-order valence-corrected chi connectivity index (χ1v) is 9.18. The Kier molecular flexibility index (Phi) is 6.80. The molecule has 1 fully saturated rings. The molecule has 6 N–H and O–H groups in total. The maximum atomic E-state index is 10.1. The molecule has 0 unspecified atom stereocenters. The summed E-state index contributed by atoms with van der Waals surface area (Å²) in [6.45, 7) is -0.576. The number of hydrogen-bond acceptors (Lipinski definition) is 9. The van der Waals surface area contributed by atoms with E-state index in [0.29, 0.717) is 16.9 Å². The van der Waals surface area contributed by atoms with Gasteiger partial charge in [-0.15, -0.1) is 0 Å². The van der Waals surface area contributed by atoms with Crippen LogP contribution in [0.3, 0.4) is 0 Å². The van der Waals surface area contributed by atoms with Gasteiger partial charge in [-0.1, -0.05) is 18.2 Å². The molecular weight excluding hydrogens is 396 g/mol. The second-order valence-electron chi connectivity index (χ2n) is 6.84. The number of aromatic hydroxyl groups is 2. The van der Waals surface area contributed by atoms with Gasteiger partial charge in [-0.3, -0.25) is 0 Å². The third-order valence-electron chi connectivity index (χ3n) is 4.69. The molecular formula is C21H24O9. The second kappa shape index (κ2) is 9.33. The Bertz CT molecular complexity index is 896. The summed E-state index contributed by atoms with van der Waals surface area (Å²) in [5.41, 5.74) is 1.23. The van der Waals surface area contributed by atoms with Crippen LogP contribution in [0.1, 0.15) is 11.1 Å². The summed E-state index contributed by atoms with van der Waals surface area (Å²) in [6.07, 6.45) is -3.72. The maximum absolute atomic E-state index is 10.1. The quantitative estimate of drug-likeness (QED) is 0.366. The van der Waals surface area contributed by atoms with Crippen molar-refractivity contribution in [2.24, 2.45) is 0 Å². The van der Waals surface area contributed by atoms with Gasteiger partial charge < -0.3 is 44.8 Å². The van der Waals surface area contributed by atoms with Crippen LogP contribution in [0.25, 0.3) is 12.2 Å². The van der Waals surface area contributed by atoms with Crippen molar-refractivity contribution in [3.8, 4) is 23.0 Å². The molecule has 162 valence electrons. The van der Waals surface area contributed by atoms with Gasteiger partial charge in [0.05, 0.1) is 13.7 Å². The van der Waals surface area contributed by atoms with E-state index in [1.807, 2.05) is 0 Å². The van der Waals surface area contributed by atoms with Crippen LogP contribution in [-0.2, 0) is 4.74 Å². The number of methoxy groups -OCH3 is 1. The molecule has 0 radical (unpaired) electrons. The highest BCUT2D eigenvalue weighted by molar-refractivity contribution is 5.72. The Hall–Kier alpha value is -2.82. The van der Waals surface area contributed by atoms with E-state index in [0.717, 1.165) is 0 Å². The number of benzene rings is 2. The fraction of sp³-hybridized carbons (Fsp3) is 0.333. The molecule has 9 nitrogen and oxygen atoms in total. The van der Waals surface area contributed by atoms with Crippen LogP contribution >= 0.6 is 0 Å². The monoisotopic (exact) mass is 420 g/mol. The molecule has 9 heteroatoms. The molecule has 0 bridgehead atoms. The summed E-state index contributed by atoms with van der Waals surface area (Å²) < 4.78 is 15.8. The SMILES string of the molecule is COc1ccc(/C=C/c2cc(O)cc(O[C@H]3O[C@H](CO)[C@@H](O)[C@H](O)[C@H]3O)c2)cc1O. The molecule has 1 heterocycles. The lowest BCUT2D eigenvalue weighted by molar-refractivity contribution is -0.277. The summed E-state index contributed by atoms with van der Waals surface area (Å²) in [5.74, 6) is 0.354.